The molecule has 1 atom stereocenters. The maximum atomic E-state index is 4.53. The molecule has 0 aromatic carbocycles. The quantitative estimate of drug-likeness (QED) is 0.797. The van der Waals surface area contributed by atoms with Gasteiger partial charge in [-0.2, -0.15) is 0 Å². The normalized spacial score (nSPS) is 17.7. The van der Waals surface area contributed by atoms with E-state index in [9.17, 15) is 0 Å². The number of hydrogen-bond donors (Lipinski definition) is 1. The largest absolute Gasteiger partial charge is 0.308 e. The molecule has 0 saturated heterocycles. The molecule has 1 aliphatic rings. The van der Waals surface area contributed by atoms with E-state index in [4.69, 9.17) is 0 Å². The maximum absolute atomic E-state index is 4.53. The second kappa shape index (κ2) is 4.75. The summed E-state index contributed by atoms with van der Waals surface area (Å²) in [5, 5.41) is 3.63. The Balaban J connectivity index is 2.13. The summed E-state index contributed by atoms with van der Waals surface area (Å²) in [7, 11) is 0. The smallest absolute Gasteiger partial charge is 0.0605 e. The van der Waals surface area contributed by atoms with Crippen LogP contribution in [0.5, 0.6) is 0 Å². The molecule has 1 unspecified atom stereocenters. The number of aromatic nitrogens is 1. The van der Waals surface area contributed by atoms with Crippen LogP contribution in [0.2, 0.25) is 0 Å². The Hall–Kier alpha value is -0.890. The summed E-state index contributed by atoms with van der Waals surface area (Å²) in [5.41, 5.74) is 2.58. The van der Waals surface area contributed by atoms with Crippen LogP contribution < -0.4 is 5.32 Å². The van der Waals surface area contributed by atoms with Gasteiger partial charge in [0.1, 0.15) is 0 Å². The van der Waals surface area contributed by atoms with Gasteiger partial charge in [0, 0.05) is 6.20 Å². The van der Waals surface area contributed by atoms with E-state index in [-0.39, 0.29) is 0 Å². The van der Waals surface area contributed by atoms with E-state index >= 15 is 0 Å². The van der Waals surface area contributed by atoms with Gasteiger partial charge in [-0.1, -0.05) is 13.0 Å². The molecule has 1 saturated carbocycles. The van der Waals surface area contributed by atoms with E-state index in [1.807, 2.05) is 12.3 Å². The summed E-state index contributed by atoms with van der Waals surface area (Å²) in [6, 6.07) is 4.67. The number of aryl methyl sites for hydroxylation is 1. The molecule has 2 heteroatoms. The van der Waals surface area contributed by atoms with E-state index in [1.54, 1.807) is 0 Å². The lowest BCUT2D eigenvalue weighted by molar-refractivity contribution is 0.468. The summed E-state index contributed by atoms with van der Waals surface area (Å²) in [5.74, 6) is 0.824. The minimum absolute atomic E-state index is 0.492. The zero-order valence-corrected chi connectivity index (χ0v) is 9.66. The van der Waals surface area contributed by atoms with Crippen LogP contribution in [0.1, 0.15) is 43.5 Å². The van der Waals surface area contributed by atoms with E-state index in [1.165, 1.54) is 30.5 Å². The monoisotopic (exact) mass is 204 g/mol. The lowest BCUT2D eigenvalue weighted by atomic mass is 10.0. The van der Waals surface area contributed by atoms with Gasteiger partial charge in [-0.25, -0.2) is 0 Å². The molecule has 1 N–H and O–H groups in total. The molecule has 1 aliphatic carbocycles. The Morgan fingerprint density at radius 1 is 1.53 bits per heavy atom. The minimum atomic E-state index is 0.492. The van der Waals surface area contributed by atoms with Crippen molar-refractivity contribution in [2.45, 2.75) is 39.2 Å². The van der Waals surface area contributed by atoms with Crippen LogP contribution >= 0.6 is 0 Å². The third kappa shape index (κ3) is 2.57. The molecule has 0 radical (unpaired) electrons. The summed E-state index contributed by atoms with van der Waals surface area (Å²) >= 11 is 0. The van der Waals surface area contributed by atoms with Crippen molar-refractivity contribution in [3.8, 4) is 0 Å². The molecule has 15 heavy (non-hydrogen) atoms. The molecule has 0 spiro atoms. The Bertz CT molecular complexity index is 318. The van der Waals surface area contributed by atoms with Crippen molar-refractivity contribution < 1.29 is 0 Å². The minimum Gasteiger partial charge on any atom is -0.308 e. The fourth-order valence-corrected chi connectivity index (χ4v) is 2.04. The highest BCUT2D eigenvalue weighted by Gasteiger charge is 2.33. The van der Waals surface area contributed by atoms with Gasteiger partial charge < -0.3 is 5.32 Å². The standard InChI is InChI=1S/C13H20N2/c1-3-8-14-13(11-6-7-11)12-10(2)5-4-9-15-12/h4-5,9,11,13-14H,3,6-8H2,1-2H3. The lowest BCUT2D eigenvalue weighted by Gasteiger charge is -2.19. The molecule has 82 valence electrons. The molecule has 1 aromatic heterocycles. The van der Waals surface area contributed by atoms with Crippen molar-refractivity contribution in [1.29, 1.82) is 0 Å². The average Bonchev–Trinajstić information content (AvgIpc) is 3.05. The highest BCUT2D eigenvalue weighted by atomic mass is 15.0. The fraction of sp³-hybridized carbons (Fsp3) is 0.615. The van der Waals surface area contributed by atoms with E-state index in [2.05, 4.69) is 30.2 Å². The van der Waals surface area contributed by atoms with Gasteiger partial charge in [0.2, 0.25) is 0 Å². The number of hydrogen-bond acceptors (Lipinski definition) is 2. The second-order valence-corrected chi connectivity index (χ2v) is 4.47. The molecule has 1 heterocycles. The first-order valence-electron chi connectivity index (χ1n) is 5.97. The topological polar surface area (TPSA) is 24.9 Å². The van der Waals surface area contributed by atoms with Crippen LogP contribution in [0.3, 0.4) is 0 Å². The SMILES string of the molecule is CCCNC(c1ncccc1C)C1CC1. The van der Waals surface area contributed by atoms with Crippen molar-refractivity contribution in [3.05, 3.63) is 29.6 Å². The van der Waals surface area contributed by atoms with Crippen molar-refractivity contribution in [2.24, 2.45) is 5.92 Å². The highest BCUT2D eigenvalue weighted by molar-refractivity contribution is 5.22. The molecular formula is C13H20N2. The Labute approximate surface area is 92.1 Å². The van der Waals surface area contributed by atoms with Crippen LogP contribution in [0, 0.1) is 12.8 Å². The molecule has 1 fully saturated rings. The van der Waals surface area contributed by atoms with Crippen molar-refractivity contribution >= 4 is 0 Å². The molecular weight excluding hydrogens is 184 g/mol. The fourth-order valence-electron chi connectivity index (χ4n) is 2.04. The predicted molar refractivity (Wildman–Crippen MR) is 62.7 cm³/mol. The molecule has 0 aliphatic heterocycles. The Morgan fingerprint density at radius 2 is 2.33 bits per heavy atom. The van der Waals surface area contributed by atoms with Crippen LogP contribution in [-0.2, 0) is 0 Å². The lowest BCUT2D eigenvalue weighted by Crippen LogP contribution is -2.25. The first kappa shape index (κ1) is 10.6. The maximum Gasteiger partial charge on any atom is 0.0605 e. The third-order valence-electron chi connectivity index (χ3n) is 3.05. The summed E-state index contributed by atoms with van der Waals surface area (Å²) in [6.07, 6.45) is 5.81. The van der Waals surface area contributed by atoms with E-state index < -0.39 is 0 Å². The van der Waals surface area contributed by atoms with Gasteiger partial charge in [-0.15, -0.1) is 0 Å². The number of nitrogens with one attached hydrogen (secondary N) is 1. The molecule has 0 amide bonds. The summed E-state index contributed by atoms with van der Waals surface area (Å²) in [4.78, 5) is 4.53. The zero-order chi connectivity index (χ0) is 10.7. The predicted octanol–water partition coefficient (Wildman–Crippen LogP) is 2.84. The van der Waals surface area contributed by atoms with Gasteiger partial charge >= 0.3 is 0 Å². The summed E-state index contributed by atoms with van der Waals surface area (Å²) < 4.78 is 0. The second-order valence-electron chi connectivity index (χ2n) is 4.47. The van der Waals surface area contributed by atoms with Crippen molar-refractivity contribution in [3.63, 3.8) is 0 Å². The van der Waals surface area contributed by atoms with Gasteiger partial charge in [-0.05, 0) is 50.3 Å². The van der Waals surface area contributed by atoms with Crippen molar-refractivity contribution in [1.82, 2.24) is 10.3 Å². The number of rotatable bonds is 5. The van der Waals surface area contributed by atoms with Crippen LogP contribution in [0.15, 0.2) is 18.3 Å². The van der Waals surface area contributed by atoms with E-state index in [0.717, 1.165) is 12.5 Å². The van der Waals surface area contributed by atoms with Crippen molar-refractivity contribution in [2.75, 3.05) is 6.54 Å². The zero-order valence-electron chi connectivity index (χ0n) is 9.66. The third-order valence-corrected chi connectivity index (χ3v) is 3.05. The molecule has 0 bridgehead atoms. The van der Waals surface area contributed by atoms with Crippen LogP contribution in [0.4, 0.5) is 0 Å². The van der Waals surface area contributed by atoms with Gasteiger partial charge in [0.05, 0.1) is 11.7 Å². The van der Waals surface area contributed by atoms with Gasteiger partial charge in [0.15, 0.2) is 0 Å². The Kier molecular flexibility index (Phi) is 3.37. The van der Waals surface area contributed by atoms with Crippen LogP contribution in [0.25, 0.3) is 0 Å². The van der Waals surface area contributed by atoms with Gasteiger partial charge in [0.25, 0.3) is 0 Å². The summed E-state index contributed by atoms with van der Waals surface area (Å²) in [6.45, 7) is 5.46. The highest BCUT2D eigenvalue weighted by Crippen LogP contribution is 2.41. The van der Waals surface area contributed by atoms with E-state index in [0.29, 0.717) is 6.04 Å². The molecule has 1 aromatic rings. The van der Waals surface area contributed by atoms with Gasteiger partial charge in [-0.3, -0.25) is 4.98 Å². The molecule has 2 rings (SSSR count). The molecule has 2 nitrogen and oxygen atoms in total. The number of nitrogens with zero attached hydrogens (tertiary/aromatic N) is 1. The first-order valence-corrected chi connectivity index (χ1v) is 5.97. The number of pyridine rings is 1. The average molecular weight is 204 g/mol. The first-order chi connectivity index (χ1) is 7.33. The van der Waals surface area contributed by atoms with Crippen LogP contribution in [-0.4, -0.2) is 11.5 Å². The Morgan fingerprint density at radius 3 is 2.93 bits per heavy atom.